The van der Waals surface area contributed by atoms with E-state index in [4.69, 9.17) is 4.74 Å². The number of fused-ring (bicyclic) bond motifs is 1. The van der Waals surface area contributed by atoms with Crippen molar-refractivity contribution in [3.05, 3.63) is 63.8 Å². The summed E-state index contributed by atoms with van der Waals surface area (Å²) in [5, 5.41) is 21.3. The lowest BCUT2D eigenvalue weighted by Gasteiger charge is -2.10. The number of nitrogens with one attached hydrogen (secondary N) is 2. The summed E-state index contributed by atoms with van der Waals surface area (Å²) in [5.41, 5.74) is 3.20. The average Bonchev–Trinajstić information content (AvgIpc) is 3.30. The van der Waals surface area contributed by atoms with E-state index >= 15 is 0 Å². The molecule has 2 N–H and O–H groups in total. The maximum Gasteiger partial charge on any atom is 0.274 e. The van der Waals surface area contributed by atoms with E-state index in [-0.39, 0.29) is 18.0 Å². The van der Waals surface area contributed by atoms with E-state index in [9.17, 15) is 19.7 Å². The number of hydrogen-bond acceptors (Lipinski definition) is 6. The van der Waals surface area contributed by atoms with E-state index < -0.39 is 16.9 Å². The van der Waals surface area contributed by atoms with Gasteiger partial charge in [-0.1, -0.05) is 25.1 Å². The number of aromatic nitrogens is 2. The number of amides is 2. The quantitative estimate of drug-likeness (QED) is 0.416. The monoisotopic (exact) mass is 449 g/mol. The molecule has 2 heterocycles. The zero-order chi connectivity index (χ0) is 23.7. The van der Waals surface area contributed by atoms with Gasteiger partial charge in [-0.25, -0.2) is 4.68 Å². The number of benzene rings is 2. The summed E-state index contributed by atoms with van der Waals surface area (Å²) in [6.45, 7) is 3.59. The highest BCUT2D eigenvalue weighted by molar-refractivity contribution is 6.04. The molecule has 1 aliphatic heterocycles. The van der Waals surface area contributed by atoms with E-state index in [0.29, 0.717) is 23.5 Å². The second kappa shape index (κ2) is 8.73. The van der Waals surface area contributed by atoms with Crippen LogP contribution in [-0.4, -0.2) is 33.6 Å². The van der Waals surface area contributed by atoms with Gasteiger partial charge in [0.25, 0.3) is 11.6 Å². The molecular formula is C23H23N5O5. The van der Waals surface area contributed by atoms with Gasteiger partial charge in [-0.3, -0.25) is 19.7 Å². The number of methoxy groups -OCH3 is 1. The van der Waals surface area contributed by atoms with Gasteiger partial charge in [0.1, 0.15) is 17.6 Å². The highest BCUT2D eigenvalue weighted by Crippen LogP contribution is 2.39. The van der Waals surface area contributed by atoms with E-state index in [1.807, 2.05) is 31.2 Å². The third kappa shape index (κ3) is 4.14. The van der Waals surface area contributed by atoms with Crippen molar-refractivity contribution >= 4 is 29.0 Å². The SMILES string of the molecule is CCc1nn2c(c1-c1ccc(OC)cc1)NC(=O)C2CC(=O)Nc1ccc(C)c([N+](=O)[O-])c1. The minimum Gasteiger partial charge on any atom is -0.497 e. The Hall–Kier alpha value is -4.21. The second-order valence-electron chi connectivity index (χ2n) is 7.71. The van der Waals surface area contributed by atoms with Crippen LogP contribution in [0.25, 0.3) is 11.1 Å². The number of carbonyl (C=O) groups is 2. The fourth-order valence-corrected chi connectivity index (χ4v) is 3.90. The van der Waals surface area contributed by atoms with Gasteiger partial charge in [-0.15, -0.1) is 0 Å². The smallest absolute Gasteiger partial charge is 0.274 e. The van der Waals surface area contributed by atoms with Gasteiger partial charge in [0, 0.05) is 22.9 Å². The number of carbonyl (C=O) groups excluding carboxylic acids is 2. The lowest BCUT2D eigenvalue weighted by atomic mass is 10.0. The first-order valence-electron chi connectivity index (χ1n) is 10.4. The van der Waals surface area contributed by atoms with Crippen LogP contribution in [0.2, 0.25) is 0 Å². The standard InChI is InChI=1S/C23H23N5O5/c1-4-17-21(14-6-9-16(33-3)10-7-14)22-25-23(30)19(27(22)26-17)12-20(29)24-15-8-5-13(2)18(11-15)28(31)32/h5-11,19H,4,12H2,1-3H3,(H,24,29)(H,25,30). The molecule has 0 radical (unpaired) electrons. The van der Waals surface area contributed by atoms with Crippen molar-refractivity contribution in [3.63, 3.8) is 0 Å². The topological polar surface area (TPSA) is 128 Å². The Bertz CT molecular complexity index is 1250. The molecule has 0 fully saturated rings. The molecule has 0 bridgehead atoms. The van der Waals surface area contributed by atoms with Crippen molar-refractivity contribution in [3.8, 4) is 16.9 Å². The molecule has 0 saturated heterocycles. The molecule has 3 aromatic rings. The predicted octanol–water partition coefficient (Wildman–Crippen LogP) is 3.86. The minimum atomic E-state index is -0.822. The molecule has 10 nitrogen and oxygen atoms in total. The first-order valence-corrected chi connectivity index (χ1v) is 10.4. The summed E-state index contributed by atoms with van der Waals surface area (Å²) >= 11 is 0. The van der Waals surface area contributed by atoms with Crippen molar-refractivity contribution in [1.82, 2.24) is 9.78 Å². The number of nitro groups is 1. The first kappa shape index (κ1) is 22.0. The summed E-state index contributed by atoms with van der Waals surface area (Å²) in [4.78, 5) is 36.0. The summed E-state index contributed by atoms with van der Waals surface area (Å²) in [6, 6.07) is 11.1. The molecule has 170 valence electrons. The number of ether oxygens (including phenoxy) is 1. The number of rotatable bonds is 7. The van der Waals surface area contributed by atoms with E-state index in [1.165, 1.54) is 6.07 Å². The molecular weight excluding hydrogens is 426 g/mol. The van der Waals surface area contributed by atoms with E-state index in [1.54, 1.807) is 30.8 Å². The predicted molar refractivity (Wildman–Crippen MR) is 122 cm³/mol. The molecule has 10 heteroatoms. The minimum absolute atomic E-state index is 0.0857. The van der Waals surface area contributed by atoms with Crippen molar-refractivity contribution < 1.29 is 19.2 Å². The second-order valence-corrected chi connectivity index (χ2v) is 7.71. The van der Waals surface area contributed by atoms with Crippen LogP contribution in [-0.2, 0) is 16.0 Å². The lowest BCUT2D eigenvalue weighted by Crippen LogP contribution is -2.24. The molecule has 1 aromatic heterocycles. The van der Waals surface area contributed by atoms with Gasteiger partial charge in [0.2, 0.25) is 5.91 Å². The third-order valence-electron chi connectivity index (χ3n) is 5.60. The summed E-state index contributed by atoms with van der Waals surface area (Å²) < 4.78 is 6.77. The zero-order valence-corrected chi connectivity index (χ0v) is 18.4. The highest BCUT2D eigenvalue weighted by Gasteiger charge is 2.36. The summed E-state index contributed by atoms with van der Waals surface area (Å²) in [5.74, 6) is 0.488. The molecule has 2 aromatic carbocycles. The van der Waals surface area contributed by atoms with E-state index in [2.05, 4.69) is 15.7 Å². The Morgan fingerprint density at radius 2 is 2.00 bits per heavy atom. The number of nitro benzene ring substituents is 1. The molecule has 0 aliphatic carbocycles. The highest BCUT2D eigenvalue weighted by atomic mass is 16.6. The number of anilines is 2. The van der Waals surface area contributed by atoms with Gasteiger partial charge < -0.3 is 15.4 Å². The molecule has 33 heavy (non-hydrogen) atoms. The molecule has 2 amide bonds. The summed E-state index contributed by atoms with van der Waals surface area (Å²) in [7, 11) is 1.59. The molecule has 4 rings (SSSR count). The number of aryl methyl sites for hydroxylation is 2. The van der Waals surface area contributed by atoms with Crippen molar-refractivity contribution in [1.29, 1.82) is 0 Å². The largest absolute Gasteiger partial charge is 0.497 e. The van der Waals surface area contributed by atoms with Crippen LogP contribution in [0, 0.1) is 17.0 Å². The van der Waals surface area contributed by atoms with Crippen LogP contribution in [0.5, 0.6) is 5.75 Å². The lowest BCUT2D eigenvalue weighted by molar-refractivity contribution is -0.385. The Morgan fingerprint density at radius 3 is 2.64 bits per heavy atom. The molecule has 0 saturated carbocycles. The Kier molecular flexibility index (Phi) is 5.82. The Morgan fingerprint density at radius 1 is 1.27 bits per heavy atom. The van der Waals surface area contributed by atoms with Crippen LogP contribution in [0.15, 0.2) is 42.5 Å². The molecule has 0 spiro atoms. The number of nitrogens with zero attached hydrogens (tertiary/aromatic N) is 3. The fraction of sp³-hybridized carbons (Fsp3) is 0.261. The van der Waals surface area contributed by atoms with Crippen LogP contribution < -0.4 is 15.4 Å². The summed E-state index contributed by atoms with van der Waals surface area (Å²) in [6.07, 6.45) is 0.483. The maximum atomic E-state index is 12.7. The van der Waals surface area contributed by atoms with Crippen LogP contribution in [0.4, 0.5) is 17.2 Å². The normalized spacial score (nSPS) is 14.5. The van der Waals surface area contributed by atoms with Gasteiger partial charge >= 0.3 is 0 Å². The van der Waals surface area contributed by atoms with Crippen LogP contribution in [0.3, 0.4) is 0 Å². The molecule has 1 atom stereocenters. The maximum absolute atomic E-state index is 12.7. The Balaban J connectivity index is 1.58. The van der Waals surface area contributed by atoms with Crippen LogP contribution in [0.1, 0.15) is 30.6 Å². The third-order valence-corrected chi connectivity index (χ3v) is 5.60. The van der Waals surface area contributed by atoms with Gasteiger partial charge in [-0.2, -0.15) is 5.10 Å². The zero-order valence-electron chi connectivity index (χ0n) is 18.4. The fourth-order valence-electron chi connectivity index (χ4n) is 3.90. The van der Waals surface area contributed by atoms with Gasteiger partial charge in [-0.05, 0) is 37.1 Å². The van der Waals surface area contributed by atoms with Crippen molar-refractivity contribution in [2.24, 2.45) is 0 Å². The average molecular weight is 449 g/mol. The van der Waals surface area contributed by atoms with Gasteiger partial charge in [0.05, 0.1) is 24.1 Å². The number of hydrogen-bond donors (Lipinski definition) is 2. The Labute approximate surface area is 189 Å². The van der Waals surface area contributed by atoms with Crippen molar-refractivity contribution in [2.75, 3.05) is 17.7 Å². The first-order chi connectivity index (χ1) is 15.8. The van der Waals surface area contributed by atoms with Crippen LogP contribution >= 0.6 is 0 Å². The molecule has 1 unspecified atom stereocenters. The van der Waals surface area contributed by atoms with Crippen molar-refractivity contribution in [2.45, 2.75) is 32.7 Å². The van der Waals surface area contributed by atoms with E-state index in [0.717, 1.165) is 22.6 Å². The molecule has 1 aliphatic rings. The van der Waals surface area contributed by atoms with Gasteiger partial charge in [0.15, 0.2) is 0 Å².